The van der Waals surface area contributed by atoms with Gasteiger partial charge in [0.2, 0.25) is 0 Å². The molecule has 36 heavy (non-hydrogen) atoms. The Bertz CT molecular complexity index is 1450. The van der Waals surface area contributed by atoms with Crippen LogP contribution < -0.4 is 4.74 Å². The Hall–Kier alpha value is -3.75. The first-order chi connectivity index (χ1) is 17.1. The van der Waals surface area contributed by atoms with Crippen molar-refractivity contribution >= 4 is 22.6 Å². The number of rotatable bonds is 3. The second-order valence-electron chi connectivity index (χ2n) is 10.3. The van der Waals surface area contributed by atoms with Crippen LogP contribution in [0.1, 0.15) is 50.9 Å². The van der Waals surface area contributed by atoms with Gasteiger partial charge in [-0.1, -0.05) is 6.07 Å². The molecule has 0 N–H and O–H groups in total. The minimum Gasteiger partial charge on any atom is -0.493 e. The van der Waals surface area contributed by atoms with Crippen molar-refractivity contribution in [2.24, 2.45) is 0 Å². The molecule has 9 heteroatoms. The summed E-state index contributed by atoms with van der Waals surface area (Å²) in [5, 5.41) is 5.30. The highest BCUT2D eigenvalue weighted by atomic mass is 19.1. The molecule has 0 radical (unpaired) electrons. The fraction of sp³-hybridized carbons (Fsp3) is 0.407. The number of imidazole rings is 1. The first-order valence-corrected chi connectivity index (χ1v) is 12.1. The van der Waals surface area contributed by atoms with Gasteiger partial charge in [-0.05, 0) is 58.7 Å². The molecular weight excluding hydrogens is 461 g/mol. The van der Waals surface area contributed by atoms with E-state index >= 15 is 4.39 Å². The number of carbonyl (C=O) groups is 1. The van der Waals surface area contributed by atoms with Crippen LogP contribution in [0.5, 0.6) is 5.75 Å². The minimum absolute atomic E-state index is 0.157. The number of nitrogens with zero attached hydrogens (tertiary/aromatic N) is 5. The average Bonchev–Trinajstić information content (AvgIpc) is 3.22. The van der Waals surface area contributed by atoms with Crippen molar-refractivity contribution in [3.63, 3.8) is 0 Å². The van der Waals surface area contributed by atoms with Gasteiger partial charge >= 0.3 is 6.09 Å². The second-order valence-corrected chi connectivity index (χ2v) is 10.3. The van der Waals surface area contributed by atoms with Gasteiger partial charge in [-0.25, -0.2) is 23.7 Å². The third-order valence-corrected chi connectivity index (χ3v) is 6.36. The molecule has 0 unspecified atom stereocenters. The van der Waals surface area contributed by atoms with E-state index in [1.54, 1.807) is 28.8 Å². The summed E-state index contributed by atoms with van der Waals surface area (Å²) in [7, 11) is 1.58. The Labute approximate surface area is 209 Å². The predicted molar refractivity (Wildman–Crippen MR) is 135 cm³/mol. The number of pyridine rings is 1. The molecule has 5 rings (SSSR count). The van der Waals surface area contributed by atoms with Crippen molar-refractivity contribution in [2.45, 2.75) is 52.1 Å². The maximum atomic E-state index is 15.3. The van der Waals surface area contributed by atoms with Crippen LogP contribution in [0.25, 0.3) is 27.8 Å². The van der Waals surface area contributed by atoms with Crippen LogP contribution in [-0.2, 0) is 4.74 Å². The van der Waals surface area contributed by atoms with E-state index in [0.717, 1.165) is 24.2 Å². The Balaban J connectivity index is 1.39. The third-order valence-electron chi connectivity index (χ3n) is 6.36. The summed E-state index contributed by atoms with van der Waals surface area (Å²) in [5.74, 6) is 0.322. The topological polar surface area (TPSA) is 81.8 Å². The number of fused-ring (bicyclic) bond motifs is 2. The maximum absolute atomic E-state index is 15.3. The lowest BCUT2D eigenvalue weighted by Crippen LogP contribution is -2.41. The van der Waals surface area contributed by atoms with E-state index in [0.29, 0.717) is 46.6 Å². The molecule has 1 aromatic carbocycles. The summed E-state index contributed by atoms with van der Waals surface area (Å²) < 4.78 is 27.9. The molecule has 1 aliphatic rings. The molecule has 0 atom stereocenters. The van der Waals surface area contributed by atoms with Crippen molar-refractivity contribution in [1.82, 2.24) is 24.5 Å². The van der Waals surface area contributed by atoms with Gasteiger partial charge in [0.25, 0.3) is 0 Å². The number of likely N-dealkylation sites (tertiary alicyclic amines) is 1. The highest BCUT2D eigenvalue weighted by Gasteiger charge is 2.28. The number of aryl methyl sites for hydroxylation is 1. The fourth-order valence-electron chi connectivity index (χ4n) is 4.62. The lowest BCUT2D eigenvalue weighted by Gasteiger charge is -2.33. The van der Waals surface area contributed by atoms with Gasteiger partial charge in [-0.2, -0.15) is 5.10 Å². The summed E-state index contributed by atoms with van der Waals surface area (Å²) in [6.45, 7) is 8.64. The van der Waals surface area contributed by atoms with Crippen LogP contribution in [0, 0.1) is 12.7 Å². The zero-order valence-corrected chi connectivity index (χ0v) is 21.2. The molecule has 4 heterocycles. The largest absolute Gasteiger partial charge is 0.493 e. The first-order valence-electron chi connectivity index (χ1n) is 12.1. The lowest BCUT2D eigenvalue weighted by atomic mass is 9.92. The molecule has 0 spiro atoms. The van der Waals surface area contributed by atoms with Crippen molar-refractivity contribution in [1.29, 1.82) is 0 Å². The smallest absolute Gasteiger partial charge is 0.410 e. The van der Waals surface area contributed by atoms with Crippen LogP contribution in [-0.4, -0.2) is 56.4 Å². The van der Waals surface area contributed by atoms with Gasteiger partial charge in [0, 0.05) is 41.7 Å². The normalized spacial score (nSPS) is 15.0. The van der Waals surface area contributed by atoms with Gasteiger partial charge in [0.05, 0.1) is 24.7 Å². The number of halogens is 1. The van der Waals surface area contributed by atoms with Gasteiger partial charge in [-0.15, -0.1) is 0 Å². The predicted octanol–water partition coefficient (Wildman–Crippen LogP) is 5.52. The number of carbonyl (C=O) groups excluding carboxylic acids is 1. The summed E-state index contributed by atoms with van der Waals surface area (Å²) >= 11 is 0. The third kappa shape index (κ3) is 4.69. The molecule has 1 aliphatic heterocycles. The van der Waals surface area contributed by atoms with Crippen LogP contribution in [0.3, 0.4) is 0 Å². The quantitative estimate of drug-likeness (QED) is 0.376. The first kappa shape index (κ1) is 24.0. The highest BCUT2D eigenvalue weighted by Crippen LogP contribution is 2.32. The molecule has 0 aliphatic carbocycles. The fourth-order valence-corrected chi connectivity index (χ4v) is 4.62. The van der Waals surface area contributed by atoms with Crippen LogP contribution in [0.4, 0.5) is 9.18 Å². The van der Waals surface area contributed by atoms with E-state index in [1.807, 2.05) is 45.9 Å². The molecule has 3 aromatic heterocycles. The van der Waals surface area contributed by atoms with Crippen molar-refractivity contribution in [3.8, 4) is 17.0 Å². The highest BCUT2D eigenvalue weighted by molar-refractivity contribution is 5.85. The number of methoxy groups -OCH3 is 1. The van der Waals surface area contributed by atoms with Crippen molar-refractivity contribution < 1.29 is 18.7 Å². The molecule has 1 amide bonds. The maximum Gasteiger partial charge on any atom is 0.410 e. The van der Waals surface area contributed by atoms with Crippen molar-refractivity contribution in [2.75, 3.05) is 20.2 Å². The van der Waals surface area contributed by atoms with E-state index < -0.39 is 11.4 Å². The number of hydrogen-bond acceptors (Lipinski definition) is 6. The Morgan fingerprint density at radius 3 is 2.56 bits per heavy atom. The minimum atomic E-state index is -0.520. The standard InChI is InChI=1S/C27H30FN5O3/c1-16-15-33-25(29-16)23(35-5)14-22(31-33)19-12-18-6-7-21(30-24(18)20(28)13-19)17-8-10-32(11-9-17)26(34)36-27(2,3)4/h6-7,12-15,17H,8-11H2,1-5H3. The van der Waals surface area contributed by atoms with Gasteiger partial charge in [0.1, 0.15) is 16.9 Å². The molecule has 1 saturated heterocycles. The zero-order chi connectivity index (χ0) is 25.6. The number of benzene rings is 1. The van der Waals surface area contributed by atoms with Crippen LogP contribution in [0.2, 0.25) is 0 Å². The summed E-state index contributed by atoms with van der Waals surface area (Å²) in [4.78, 5) is 23.2. The number of ether oxygens (including phenoxy) is 2. The summed E-state index contributed by atoms with van der Waals surface area (Å²) in [6.07, 6.45) is 3.03. The Kier molecular flexibility index (Phi) is 6.02. The van der Waals surface area contributed by atoms with Crippen molar-refractivity contribution in [3.05, 3.63) is 53.7 Å². The van der Waals surface area contributed by atoms with E-state index in [4.69, 9.17) is 9.47 Å². The Morgan fingerprint density at radius 1 is 1.11 bits per heavy atom. The second kappa shape index (κ2) is 9.04. The van der Waals surface area contributed by atoms with Crippen LogP contribution >= 0.6 is 0 Å². The summed E-state index contributed by atoms with van der Waals surface area (Å²) in [5.41, 5.74) is 3.29. The zero-order valence-electron chi connectivity index (χ0n) is 21.2. The molecule has 4 aromatic rings. The van der Waals surface area contributed by atoms with Crippen LogP contribution in [0.15, 0.2) is 36.5 Å². The van der Waals surface area contributed by atoms with E-state index in [9.17, 15) is 4.79 Å². The van der Waals surface area contributed by atoms with Gasteiger partial charge < -0.3 is 14.4 Å². The molecular formula is C27H30FN5O3. The molecule has 0 bridgehead atoms. The van der Waals surface area contributed by atoms with Gasteiger partial charge in [0.15, 0.2) is 11.4 Å². The number of piperidine rings is 1. The van der Waals surface area contributed by atoms with E-state index in [2.05, 4.69) is 15.1 Å². The molecule has 1 fully saturated rings. The SMILES string of the molecule is COc1cc(-c2cc(F)c3nc(C4CCN(C(=O)OC(C)(C)C)CC4)ccc3c2)nn2cc(C)nc12. The monoisotopic (exact) mass is 491 g/mol. The lowest BCUT2D eigenvalue weighted by molar-refractivity contribution is 0.0204. The molecule has 8 nitrogen and oxygen atoms in total. The van der Waals surface area contributed by atoms with Gasteiger partial charge in [-0.3, -0.25) is 0 Å². The number of aromatic nitrogens is 4. The molecule has 188 valence electrons. The van der Waals surface area contributed by atoms with E-state index in [1.165, 1.54) is 6.07 Å². The summed E-state index contributed by atoms with van der Waals surface area (Å²) in [6, 6.07) is 8.97. The number of hydrogen-bond donors (Lipinski definition) is 0. The number of amides is 1. The van der Waals surface area contributed by atoms with E-state index in [-0.39, 0.29) is 12.0 Å². The molecule has 0 saturated carbocycles. The average molecular weight is 492 g/mol. The Morgan fingerprint density at radius 2 is 1.86 bits per heavy atom.